The molecule has 0 radical (unpaired) electrons. The van der Waals surface area contributed by atoms with Gasteiger partial charge in [0.1, 0.15) is 6.04 Å². The molecule has 0 saturated carbocycles. The van der Waals surface area contributed by atoms with Crippen molar-refractivity contribution in [2.75, 3.05) is 19.7 Å². The molecule has 1 aliphatic rings. The minimum Gasteiger partial charge on any atom is -0.464 e. The minimum absolute atomic E-state index is 0.0931. The number of ether oxygens (including phenoxy) is 1. The molecule has 1 rings (SSSR count). The first kappa shape index (κ1) is 17.0. The fourth-order valence-corrected chi connectivity index (χ4v) is 2.63. The first-order valence-corrected chi connectivity index (χ1v) is 7.86. The molecule has 5 heteroatoms. The molecule has 20 heavy (non-hydrogen) atoms. The van der Waals surface area contributed by atoms with Gasteiger partial charge in [-0.05, 0) is 45.6 Å². The largest absolute Gasteiger partial charge is 0.464 e. The van der Waals surface area contributed by atoms with E-state index in [0.29, 0.717) is 26.1 Å². The third-order valence-corrected chi connectivity index (χ3v) is 3.73. The second kappa shape index (κ2) is 9.75. The average Bonchev–Trinajstić information content (AvgIpc) is 2.47. The van der Waals surface area contributed by atoms with Crippen molar-refractivity contribution < 1.29 is 14.3 Å². The highest BCUT2D eigenvalue weighted by Gasteiger charge is 2.32. The second-order valence-corrected chi connectivity index (χ2v) is 5.30. The molecule has 1 saturated heterocycles. The zero-order valence-corrected chi connectivity index (χ0v) is 12.6. The normalized spacial score (nSPS) is 18.9. The Bertz CT molecular complexity index is 307. The lowest BCUT2D eigenvalue weighted by Crippen LogP contribution is -2.48. The maximum absolute atomic E-state index is 12.2. The van der Waals surface area contributed by atoms with E-state index >= 15 is 0 Å². The summed E-state index contributed by atoms with van der Waals surface area (Å²) in [6, 6.07) is -0.361. The molecule has 1 aliphatic heterocycles. The number of amides is 1. The van der Waals surface area contributed by atoms with Crippen LogP contribution in [0.1, 0.15) is 58.3 Å². The van der Waals surface area contributed by atoms with Crippen molar-refractivity contribution in [3.63, 3.8) is 0 Å². The van der Waals surface area contributed by atoms with E-state index in [0.717, 1.165) is 44.9 Å². The summed E-state index contributed by atoms with van der Waals surface area (Å²) in [4.78, 5) is 25.9. The van der Waals surface area contributed by atoms with E-state index in [1.807, 2.05) is 0 Å². The highest BCUT2D eigenvalue weighted by molar-refractivity contribution is 5.84. The molecule has 5 nitrogen and oxygen atoms in total. The molecule has 0 bridgehead atoms. The SMILES string of the molecule is CCOC(=O)C1CCCCN1C(=O)CCCCCCN. The molecule has 0 aromatic heterocycles. The lowest BCUT2D eigenvalue weighted by Gasteiger charge is -2.34. The van der Waals surface area contributed by atoms with Crippen LogP contribution in [0.15, 0.2) is 0 Å². The second-order valence-electron chi connectivity index (χ2n) is 5.30. The first-order chi connectivity index (χ1) is 9.70. The Morgan fingerprint density at radius 2 is 1.95 bits per heavy atom. The van der Waals surface area contributed by atoms with Gasteiger partial charge in [-0.25, -0.2) is 4.79 Å². The standard InChI is InChI=1S/C15H28N2O3/c1-2-20-15(19)13-9-6-8-12-17(13)14(18)10-5-3-4-7-11-16/h13H,2-12,16H2,1H3. The smallest absolute Gasteiger partial charge is 0.328 e. The molecule has 1 unspecified atom stereocenters. The number of nitrogens with zero attached hydrogens (tertiary/aromatic N) is 1. The average molecular weight is 284 g/mol. The van der Waals surface area contributed by atoms with Crippen LogP contribution in [-0.4, -0.2) is 42.5 Å². The maximum atomic E-state index is 12.2. The molecule has 2 N–H and O–H groups in total. The monoisotopic (exact) mass is 284 g/mol. The fourth-order valence-electron chi connectivity index (χ4n) is 2.63. The van der Waals surface area contributed by atoms with Gasteiger partial charge >= 0.3 is 5.97 Å². The summed E-state index contributed by atoms with van der Waals surface area (Å²) in [5.41, 5.74) is 5.44. The Balaban J connectivity index is 2.40. The van der Waals surface area contributed by atoms with E-state index in [4.69, 9.17) is 10.5 Å². The highest BCUT2D eigenvalue weighted by atomic mass is 16.5. The number of piperidine rings is 1. The molecule has 1 fully saturated rings. The Kier molecular flexibility index (Phi) is 8.26. The molecule has 0 spiro atoms. The fraction of sp³-hybridized carbons (Fsp3) is 0.867. The molecule has 0 aliphatic carbocycles. The van der Waals surface area contributed by atoms with Gasteiger partial charge in [-0.2, -0.15) is 0 Å². The number of nitrogens with two attached hydrogens (primary N) is 1. The number of unbranched alkanes of at least 4 members (excludes halogenated alkanes) is 3. The molecule has 1 heterocycles. The number of rotatable bonds is 8. The predicted molar refractivity (Wildman–Crippen MR) is 78.1 cm³/mol. The predicted octanol–water partition coefficient (Wildman–Crippen LogP) is 1.84. The summed E-state index contributed by atoms with van der Waals surface area (Å²) in [7, 11) is 0. The van der Waals surface area contributed by atoms with Crippen molar-refractivity contribution in [3.8, 4) is 0 Å². The quantitative estimate of drug-likeness (QED) is 0.545. The molecule has 116 valence electrons. The summed E-state index contributed by atoms with van der Waals surface area (Å²) in [6.45, 7) is 3.57. The van der Waals surface area contributed by atoms with Crippen molar-refractivity contribution in [2.24, 2.45) is 5.73 Å². The van der Waals surface area contributed by atoms with Gasteiger partial charge in [0.05, 0.1) is 6.61 Å². The van der Waals surface area contributed by atoms with E-state index in [2.05, 4.69) is 0 Å². The number of esters is 1. The van der Waals surface area contributed by atoms with Crippen molar-refractivity contribution in [1.29, 1.82) is 0 Å². The molecule has 1 atom stereocenters. The summed E-state index contributed by atoms with van der Waals surface area (Å²) < 4.78 is 5.07. The number of carbonyl (C=O) groups excluding carboxylic acids is 2. The maximum Gasteiger partial charge on any atom is 0.328 e. The van der Waals surface area contributed by atoms with Gasteiger partial charge < -0.3 is 15.4 Å². The number of hydrogen-bond acceptors (Lipinski definition) is 4. The number of hydrogen-bond donors (Lipinski definition) is 1. The zero-order valence-electron chi connectivity index (χ0n) is 12.6. The number of likely N-dealkylation sites (tertiary alicyclic amines) is 1. The zero-order chi connectivity index (χ0) is 14.8. The van der Waals surface area contributed by atoms with Crippen LogP contribution < -0.4 is 5.73 Å². The number of carbonyl (C=O) groups is 2. The summed E-state index contributed by atoms with van der Waals surface area (Å²) in [5.74, 6) is -0.154. The van der Waals surface area contributed by atoms with Crippen LogP contribution >= 0.6 is 0 Å². The lowest BCUT2D eigenvalue weighted by atomic mass is 10.0. The van der Waals surface area contributed by atoms with Crippen molar-refractivity contribution in [3.05, 3.63) is 0 Å². The Labute approximate surface area is 121 Å². The van der Waals surface area contributed by atoms with Crippen LogP contribution in [0, 0.1) is 0 Å². The summed E-state index contributed by atoms with van der Waals surface area (Å²) in [6.07, 6.45) is 7.23. The van der Waals surface area contributed by atoms with Gasteiger partial charge in [0.25, 0.3) is 0 Å². The Morgan fingerprint density at radius 1 is 1.20 bits per heavy atom. The van der Waals surface area contributed by atoms with Crippen LogP contribution in [0.2, 0.25) is 0 Å². The summed E-state index contributed by atoms with van der Waals surface area (Å²) in [5, 5.41) is 0. The molecule has 0 aromatic carbocycles. The third kappa shape index (κ3) is 5.49. The topological polar surface area (TPSA) is 72.6 Å². The highest BCUT2D eigenvalue weighted by Crippen LogP contribution is 2.20. The molecule has 1 amide bonds. The van der Waals surface area contributed by atoms with E-state index in [-0.39, 0.29) is 17.9 Å². The van der Waals surface area contributed by atoms with Gasteiger partial charge in [-0.1, -0.05) is 12.8 Å². The Hall–Kier alpha value is -1.10. The van der Waals surface area contributed by atoms with Crippen LogP contribution in [0.25, 0.3) is 0 Å². The first-order valence-electron chi connectivity index (χ1n) is 7.86. The van der Waals surface area contributed by atoms with E-state index < -0.39 is 0 Å². The van der Waals surface area contributed by atoms with Crippen molar-refractivity contribution >= 4 is 11.9 Å². The van der Waals surface area contributed by atoms with Gasteiger partial charge in [0.2, 0.25) is 5.91 Å². The van der Waals surface area contributed by atoms with Crippen LogP contribution in [0.5, 0.6) is 0 Å². The van der Waals surface area contributed by atoms with Crippen molar-refractivity contribution in [2.45, 2.75) is 64.3 Å². The van der Waals surface area contributed by atoms with E-state index in [1.165, 1.54) is 0 Å². The van der Waals surface area contributed by atoms with Crippen LogP contribution in [0.3, 0.4) is 0 Å². The van der Waals surface area contributed by atoms with E-state index in [9.17, 15) is 9.59 Å². The van der Waals surface area contributed by atoms with E-state index in [1.54, 1.807) is 11.8 Å². The van der Waals surface area contributed by atoms with Crippen molar-refractivity contribution in [1.82, 2.24) is 4.90 Å². The van der Waals surface area contributed by atoms with Gasteiger partial charge in [0, 0.05) is 13.0 Å². The van der Waals surface area contributed by atoms with Gasteiger partial charge in [0.15, 0.2) is 0 Å². The van der Waals surface area contributed by atoms with Crippen LogP contribution in [0.4, 0.5) is 0 Å². The molecule has 0 aromatic rings. The minimum atomic E-state index is -0.361. The molecular formula is C15H28N2O3. The van der Waals surface area contributed by atoms with Gasteiger partial charge in [-0.3, -0.25) is 4.79 Å². The molecular weight excluding hydrogens is 256 g/mol. The van der Waals surface area contributed by atoms with Gasteiger partial charge in [-0.15, -0.1) is 0 Å². The lowest BCUT2D eigenvalue weighted by molar-refractivity contribution is -0.156. The Morgan fingerprint density at radius 3 is 2.65 bits per heavy atom. The summed E-state index contributed by atoms with van der Waals surface area (Å²) >= 11 is 0. The third-order valence-electron chi connectivity index (χ3n) is 3.73. The van der Waals surface area contributed by atoms with Crippen LogP contribution in [-0.2, 0) is 14.3 Å².